The Morgan fingerprint density at radius 2 is 1.87 bits per heavy atom. The van der Waals surface area contributed by atoms with E-state index in [1.165, 1.54) is 0 Å². The van der Waals surface area contributed by atoms with E-state index in [2.05, 4.69) is 62.5 Å². The third-order valence-electron chi connectivity index (χ3n) is 7.12. The first-order valence-corrected chi connectivity index (χ1v) is 13.2. The van der Waals surface area contributed by atoms with Gasteiger partial charge in [0.2, 0.25) is 0 Å². The minimum atomic E-state index is -0.632. The molecule has 4 atom stereocenters. The molecule has 0 radical (unpaired) electrons. The molecule has 0 spiro atoms. The Hall–Kier alpha value is -3.24. The predicted octanol–water partition coefficient (Wildman–Crippen LogP) is 3.76. The van der Waals surface area contributed by atoms with Crippen molar-refractivity contribution in [2.24, 2.45) is 4.99 Å². The minimum Gasteiger partial charge on any atom is -0.456 e. The van der Waals surface area contributed by atoms with Gasteiger partial charge in [0, 0.05) is 18.7 Å². The molecule has 6 rings (SSSR count). The molecule has 0 aliphatic carbocycles. The van der Waals surface area contributed by atoms with Crippen molar-refractivity contribution in [1.29, 1.82) is 0 Å². The monoisotopic (exact) mass is 535 g/mol. The Morgan fingerprint density at radius 1 is 1.08 bits per heavy atom. The summed E-state index contributed by atoms with van der Waals surface area (Å²) in [5.41, 5.74) is 6.11. The zero-order valence-corrected chi connectivity index (χ0v) is 22.0. The Bertz CT molecular complexity index is 1430. The Kier molecular flexibility index (Phi) is 6.92. The SMILES string of the molecule is CC(=C/C=C(\C)c1nc2nc(OC3COC4C(O)COC34)[nH]c2cc1Cl)c1ccc(C2=NCCCN2)cc1. The average molecular weight is 536 g/mol. The Balaban J connectivity index is 1.17. The smallest absolute Gasteiger partial charge is 0.296 e. The molecule has 1 aromatic carbocycles. The van der Waals surface area contributed by atoms with E-state index < -0.39 is 6.10 Å². The minimum absolute atomic E-state index is 0.244. The van der Waals surface area contributed by atoms with E-state index in [4.69, 9.17) is 25.8 Å². The van der Waals surface area contributed by atoms with Crippen LogP contribution < -0.4 is 10.1 Å². The van der Waals surface area contributed by atoms with Crippen molar-refractivity contribution in [1.82, 2.24) is 20.3 Å². The number of hydrogen-bond donors (Lipinski definition) is 3. The normalized spacial score (nSPS) is 25.8. The number of benzene rings is 1. The number of pyridine rings is 1. The van der Waals surface area contributed by atoms with Gasteiger partial charge in [-0.2, -0.15) is 4.98 Å². The van der Waals surface area contributed by atoms with E-state index >= 15 is 0 Å². The number of allylic oxidation sites excluding steroid dienone is 4. The Morgan fingerprint density at radius 3 is 2.66 bits per heavy atom. The molecular formula is C28H30ClN5O4. The number of nitrogens with one attached hydrogen (secondary N) is 2. The van der Waals surface area contributed by atoms with Gasteiger partial charge in [0.1, 0.15) is 24.1 Å². The molecule has 4 unspecified atom stereocenters. The maximum absolute atomic E-state index is 9.94. The zero-order valence-electron chi connectivity index (χ0n) is 21.3. The number of rotatable bonds is 6. The number of amidine groups is 1. The summed E-state index contributed by atoms with van der Waals surface area (Å²) in [5.74, 6) is 0.967. The van der Waals surface area contributed by atoms with Crippen LogP contribution in [-0.2, 0) is 9.47 Å². The third-order valence-corrected chi connectivity index (χ3v) is 7.41. The van der Waals surface area contributed by atoms with E-state index in [0.717, 1.165) is 47.6 Å². The Labute approximate surface area is 225 Å². The van der Waals surface area contributed by atoms with Gasteiger partial charge < -0.3 is 29.6 Å². The number of halogens is 1. The molecule has 5 heterocycles. The number of aliphatic hydroxyl groups excluding tert-OH is 1. The average Bonchev–Trinajstić information content (AvgIpc) is 3.63. The second kappa shape index (κ2) is 10.5. The number of H-pyrrole nitrogens is 1. The highest BCUT2D eigenvalue weighted by molar-refractivity contribution is 6.32. The summed E-state index contributed by atoms with van der Waals surface area (Å²) < 4.78 is 17.3. The van der Waals surface area contributed by atoms with E-state index in [1.54, 1.807) is 6.07 Å². The van der Waals surface area contributed by atoms with Crippen LogP contribution >= 0.6 is 11.6 Å². The van der Waals surface area contributed by atoms with Crippen LogP contribution in [0.1, 0.15) is 37.1 Å². The van der Waals surface area contributed by atoms with Crippen molar-refractivity contribution in [3.63, 3.8) is 0 Å². The second-order valence-electron chi connectivity index (χ2n) is 9.84. The van der Waals surface area contributed by atoms with Gasteiger partial charge in [0.05, 0.1) is 29.4 Å². The van der Waals surface area contributed by atoms with Crippen LogP contribution in [0.15, 0.2) is 47.5 Å². The molecule has 10 heteroatoms. The summed E-state index contributed by atoms with van der Waals surface area (Å²) in [7, 11) is 0. The lowest BCUT2D eigenvalue weighted by molar-refractivity contribution is 0.00706. The van der Waals surface area contributed by atoms with Gasteiger partial charge in [-0.3, -0.25) is 4.99 Å². The quantitative estimate of drug-likeness (QED) is 0.412. The molecule has 3 aromatic rings. The van der Waals surface area contributed by atoms with Gasteiger partial charge in [-0.1, -0.05) is 48.0 Å². The van der Waals surface area contributed by atoms with Crippen molar-refractivity contribution in [3.05, 3.63) is 64.3 Å². The van der Waals surface area contributed by atoms with Crippen LogP contribution in [0.3, 0.4) is 0 Å². The van der Waals surface area contributed by atoms with Crippen LogP contribution in [0.5, 0.6) is 6.01 Å². The lowest BCUT2D eigenvalue weighted by Gasteiger charge is -2.15. The molecular weight excluding hydrogens is 506 g/mol. The largest absolute Gasteiger partial charge is 0.456 e. The lowest BCUT2D eigenvalue weighted by atomic mass is 10.0. The molecule has 38 heavy (non-hydrogen) atoms. The highest BCUT2D eigenvalue weighted by Crippen LogP contribution is 2.31. The van der Waals surface area contributed by atoms with Gasteiger partial charge >= 0.3 is 0 Å². The van der Waals surface area contributed by atoms with Crippen LogP contribution in [-0.4, -0.2) is 76.6 Å². The van der Waals surface area contributed by atoms with Crippen LogP contribution in [0.2, 0.25) is 5.02 Å². The van der Waals surface area contributed by atoms with E-state index in [9.17, 15) is 5.11 Å². The summed E-state index contributed by atoms with van der Waals surface area (Å²) in [6, 6.07) is 10.5. The molecule has 3 aliphatic rings. The zero-order chi connectivity index (χ0) is 26.2. The van der Waals surface area contributed by atoms with Gasteiger partial charge in [-0.25, -0.2) is 4.98 Å². The summed E-state index contributed by atoms with van der Waals surface area (Å²) in [6.45, 7) is 6.46. The molecule has 9 nitrogen and oxygen atoms in total. The van der Waals surface area contributed by atoms with Crippen molar-refractivity contribution >= 4 is 39.7 Å². The van der Waals surface area contributed by atoms with Crippen LogP contribution in [0.4, 0.5) is 0 Å². The molecule has 0 amide bonds. The molecule has 3 aliphatic heterocycles. The predicted molar refractivity (Wildman–Crippen MR) is 147 cm³/mol. The maximum Gasteiger partial charge on any atom is 0.296 e. The topological polar surface area (TPSA) is 114 Å². The number of aliphatic hydroxyl groups is 1. The third kappa shape index (κ3) is 4.94. The summed E-state index contributed by atoms with van der Waals surface area (Å²) in [4.78, 5) is 16.9. The van der Waals surface area contributed by atoms with E-state index in [0.29, 0.717) is 34.5 Å². The number of imidazole rings is 1. The maximum atomic E-state index is 9.94. The van der Waals surface area contributed by atoms with Crippen molar-refractivity contribution in [2.75, 3.05) is 26.3 Å². The van der Waals surface area contributed by atoms with Crippen molar-refractivity contribution in [2.45, 2.75) is 44.7 Å². The highest BCUT2D eigenvalue weighted by atomic mass is 35.5. The number of nitrogens with zero attached hydrogens (tertiary/aromatic N) is 3. The second-order valence-corrected chi connectivity index (χ2v) is 10.2. The lowest BCUT2D eigenvalue weighted by Crippen LogP contribution is -2.34. The molecule has 2 saturated heterocycles. The fourth-order valence-corrected chi connectivity index (χ4v) is 5.26. The number of ether oxygens (including phenoxy) is 3. The molecule has 198 valence electrons. The van der Waals surface area contributed by atoms with E-state index in [-0.39, 0.29) is 24.9 Å². The van der Waals surface area contributed by atoms with Gasteiger partial charge in [0.25, 0.3) is 6.01 Å². The van der Waals surface area contributed by atoms with Crippen LogP contribution in [0, 0.1) is 0 Å². The summed E-state index contributed by atoms with van der Waals surface area (Å²) in [6.07, 6.45) is 3.48. The first kappa shape index (κ1) is 25.1. The van der Waals surface area contributed by atoms with Gasteiger partial charge in [-0.05, 0) is 43.0 Å². The molecule has 0 saturated carbocycles. The van der Waals surface area contributed by atoms with Gasteiger partial charge in [-0.15, -0.1) is 0 Å². The molecule has 2 aromatic heterocycles. The highest BCUT2D eigenvalue weighted by Gasteiger charge is 2.48. The first-order chi connectivity index (χ1) is 18.5. The molecule has 3 N–H and O–H groups in total. The number of aromatic amines is 1. The molecule has 2 fully saturated rings. The fourth-order valence-electron chi connectivity index (χ4n) is 4.96. The summed E-state index contributed by atoms with van der Waals surface area (Å²) >= 11 is 6.59. The molecule has 0 bridgehead atoms. The van der Waals surface area contributed by atoms with Crippen LogP contribution in [0.25, 0.3) is 22.3 Å². The van der Waals surface area contributed by atoms with Crippen molar-refractivity contribution in [3.8, 4) is 6.01 Å². The number of hydrogen-bond acceptors (Lipinski definition) is 8. The summed E-state index contributed by atoms with van der Waals surface area (Å²) in [5, 5.41) is 13.8. The van der Waals surface area contributed by atoms with Crippen molar-refractivity contribution < 1.29 is 19.3 Å². The van der Waals surface area contributed by atoms with Gasteiger partial charge in [0.15, 0.2) is 11.8 Å². The first-order valence-electron chi connectivity index (χ1n) is 12.8. The fraction of sp³-hybridized carbons (Fsp3) is 0.393. The number of aliphatic imine (C=N–C) groups is 1. The number of fused-ring (bicyclic) bond motifs is 2. The standard InChI is InChI=1S/C28H30ClN5O4/c1-15(17-6-8-18(9-7-17)26-30-10-3-11-31-26)4-5-16(2)23-19(29)12-20-27(33-23)34-28(32-20)38-22-14-37-24-21(35)13-36-25(22)24/h4-9,12,21-22,24-25,35H,3,10-11,13-14H2,1-2H3,(H,30,31)(H,32,33,34)/b15-4?,16-5+. The van der Waals surface area contributed by atoms with E-state index in [1.807, 2.05) is 13.0 Å². The number of aromatic nitrogens is 3.